The lowest BCUT2D eigenvalue weighted by molar-refractivity contribution is -0.172. The van der Waals surface area contributed by atoms with Gasteiger partial charge in [-0.05, 0) is 215 Å². The molecule has 8 saturated carbocycles. The van der Waals surface area contributed by atoms with Crippen LogP contribution in [0, 0.1) is 92.7 Å². The number of aliphatic hydroxyl groups excluding tert-OH is 3. The summed E-state index contributed by atoms with van der Waals surface area (Å²) in [7, 11) is 0. The van der Waals surface area contributed by atoms with Crippen LogP contribution in [0.5, 0.6) is 0 Å². The summed E-state index contributed by atoms with van der Waals surface area (Å²) in [6.45, 7) is 14.6. The second-order valence-electron chi connectivity index (χ2n) is 22.6. The van der Waals surface area contributed by atoms with Crippen molar-refractivity contribution in [2.45, 2.75) is 195 Å². The summed E-state index contributed by atoms with van der Waals surface area (Å²) in [6.07, 6.45) is 21.6. The average molecular weight is 769 g/mol. The van der Waals surface area contributed by atoms with E-state index in [1.54, 1.807) is 0 Å². The largest absolute Gasteiger partial charge is 0.481 e. The fourth-order valence-electron chi connectivity index (χ4n) is 17.6. The van der Waals surface area contributed by atoms with Crippen molar-refractivity contribution in [1.29, 1.82) is 0 Å². The highest BCUT2D eigenvalue weighted by molar-refractivity contribution is 5.66. The lowest BCUT2D eigenvalue weighted by Gasteiger charge is -2.62. The molecule has 5 N–H and O–H groups in total. The SMILES string of the molecule is C[C@H](CCC(=O)O)[C@H]1CC[C@H]2[C@@H]3CC[C@@H]4C[C@H](O)CC[C@]4(C)[C@H]3CC[C@]12C.C[C@H](CCC(=O)O)[C@H]1CC[C@H]2[C@@H]3C[C@H](O)[C@@H]4C[C@H](O)CC[C@]4(C)[C@H]3CC[C@]12C. The van der Waals surface area contributed by atoms with Crippen molar-refractivity contribution in [3.8, 4) is 0 Å². The molecule has 0 aromatic heterocycles. The zero-order valence-corrected chi connectivity index (χ0v) is 35.6. The number of hydrogen-bond donors (Lipinski definition) is 5. The molecule has 8 rings (SSSR count). The van der Waals surface area contributed by atoms with Crippen LogP contribution in [0.15, 0.2) is 0 Å². The third-order valence-corrected chi connectivity index (χ3v) is 20.4. The zero-order chi connectivity index (χ0) is 39.7. The van der Waals surface area contributed by atoms with E-state index in [1.807, 2.05) is 0 Å². The highest BCUT2D eigenvalue weighted by Gasteiger charge is 2.63. The molecular weight excluding hydrogens is 689 g/mol. The first kappa shape index (κ1) is 42.0. The van der Waals surface area contributed by atoms with Crippen LogP contribution in [0.1, 0.15) is 176 Å². The van der Waals surface area contributed by atoms with Crippen molar-refractivity contribution in [3.05, 3.63) is 0 Å². The summed E-state index contributed by atoms with van der Waals surface area (Å²) < 4.78 is 0. The predicted octanol–water partition coefficient (Wildman–Crippen LogP) is 9.98. The Morgan fingerprint density at radius 3 is 1.51 bits per heavy atom. The highest BCUT2D eigenvalue weighted by atomic mass is 16.4. The number of carboxylic acids is 2. The van der Waals surface area contributed by atoms with E-state index in [0.29, 0.717) is 64.1 Å². The molecular formula is C48H80O7. The van der Waals surface area contributed by atoms with E-state index in [4.69, 9.17) is 10.2 Å². The lowest BCUT2D eigenvalue weighted by atomic mass is 9.44. The summed E-state index contributed by atoms with van der Waals surface area (Å²) in [6, 6.07) is 0. The molecule has 19 atom stereocenters. The van der Waals surface area contributed by atoms with Gasteiger partial charge in [-0.15, -0.1) is 0 Å². The number of rotatable bonds is 8. The van der Waals surface area contributed by atoms with Gasteiger partial charge in [0.15, 0.2) is 0 Å². The number of fused-ring (bicyclic) bond motifs is 10. The average Bonchev–Trinajstić information content (AvgIpc) is 3.68. The first-order chi connectivity index (χ1) is 25.9. The van der Waals surface area contributed by atoms with Gasteiger partial charge in [0.05, 0.1) is 18.3 Å². The van der Waals surface area contributed by atoms with Crippen molar-refractivity contribution in [1.82, 2.24) is 0 Å². The van der Waals surface area contributed by atoms with Crippen LogP contribution in [0.4, 0.5) is 0 Å². The molecule has 0 heterocycles. The van der Waals surface area contributed by atoms with Gasteiger partial charge in [-0.1, -0.05) is 41.5 Å². The number of aliphatic hydroxyl groups is 3. The molecule has 0 spiro atoms. The second kappa shape index (κ2) is 15.8. The van der Waals surface area contributed by atoms with Gasteiger partial charge >= 0.3 is 11.9 Å². The van der Waals surface area contributed by atoms with Crippen LogP contribution < -0.4 is 0 Å². The van der Waals surface area contributed by atoms with Crippen LogP contribution >= 0.6 is 0 Å². The van der Waals surface area contributed by atoms with Crippen molar-refractivity contribution in [3.63, 3.8) is 0 Å². The molecule has 8 fully saturated rings. The Morgan fingerprint density at radius 1 is 0.509 bits per heavy atom. The van der Waals surface area contributed by atoms with Crippen LogP contribution in [-0.2, 0) is 9.59 Å². The minimum Gasteiger partial charge on any atom is -0.481 e. The van der Waals surface area contributed by atoms with E-state index in [-0.39, 0.29) is 36.1 Å². The van der Waals surface area contributed by atoms with Crippen LogP contribution in [0.3, 0.4) is 0 Å². The molecule has 0 radical (unpaired) electrons. The van der Waals surface area contributed by atoms with Crippen molar-refractivity contribution in [2.75, 3.05) is 0 Å². The van der Waals surface area contributed by atoms with Crippen LogP contribution in [-0.4, -0.2) is 55.8 Å². The fraction of sp³-hybridized carbons (Fsp3) is 0.958. The molecule has 7 heteroatoms. The molecule has 8 aliphatic carbocycles. The lowest BCUT2D eigenvalue weighted by Crippen LogP contribution is -2.58. The molecule has 0 bridgehead atoms. The summed E-state index contributed by atoms with van der Waals surface area (Å²) in [4.78, 5) is 22.1. The third kappa shape index (κ3) is 7.40. The van der Waals surface area contributed by atoms with E-state index in [0.717, 1.165) is 75.0 Å². The minimum atomic E-state index is -0.677. The van der Waals surface area contributed by atoms with Crippen molar-refractivity contribution >= 4 is 11.9 Å². The third-order valence-electron chi connectivity index (χ3n) is 20.4. The number of carboxylic acid groups (broad SMARTS) is 2. The van der Waals surface area contributed by atoms with Gasteiger partial charge in [-0.25, -0.2) is 0 Å². The molecule has 0 saturated heterocycles. The van der Waals surface area contributed by atoms with Gasteiger partial charge < -0.3 is 25.5 Å². The Morgan fingerprint density at radius 2 is 0.964 bits per heavy atom. The summed E-state index contributed by atoms with van der Waals surface area (Å²) in [5, 5.41) is 49.7. The van der Waals surface area contributed by atoms with Crippen LogP contribution in [0.2, 0.25) is 0 Å². The Balaban J connectivity index is 0.000000169. The first-order valence-corrected chi connectivity index (χ1v) is 23.4. The first-order valence-electron chi connectivity index (χ1n) is 23.4. The van der Waals surface area contributed by atoms with E-state index >= 15 is 0 Å². The Bertz CT molecular complexity index is 1380. The number of carbonyl (C=O) groups is 2. The maximum Gasteiger partial charge on any atom is 0.303 e. The van der Waals surface area contributed by atoms with Crippen LogP contribution in [0.25, 0.3) is 0 Å². The topological polar surface area (TPSA) is 135 Å². The smallest absolute Gasteiger partial charge is 0.303 e. The Hall–Kier alpha value is -1.18. The number of hydrogen-bond acceptors (Lipinski definition) is 5. The predicted molar refractivity (Wildman–Crippen MR) is 216 cm³/mol. The van der Waals surface area contributed by atoms with Gasteiger partial charge in [-0.2, -0.15) is 0 Å². The summed E-state index contributed by atoms with van der Waals surface area (Å²) in [5.74, 6) is 6.52. The summed E-state index contributed by atoms with van der Waals surface area (Å²) in [5.41, 5.74) is 1.36. The van der Waals surface area contributed by atoms with Gasteiger partial charge in [0.2, 0.25) is 0 Å². The normalized spacial score (nSPS) is 51.0. The van der Waals surface area contributed by atoms with Gasteiger partial charge in [0, 0.05) is 12.8 Å². The standard InChI is InChI=1S/C24H40O4.C24H40O3/c1-14(4-7-22(27)28)17-5-6-18-16-13-21(26)20-12-15(25)8-10-24(20,3)19(16)9-11-23(17,18)2;1-15(4-9-22(26)27)19-7-8-20-18-6-5-16-14-17(25)10-12-23(16,2)21(18)11-13-24(19,20)3/h14-21,25-26H,4-13H2,1-3H3,(H,27,28);15-21,25H,4-14H2,1-3H3,(H,26,27)/t14-,15-,16+,17-,18+,19+,20+,21+,23-,24-;15-,16-,17-,18+,19-,20+,21+,23+,24-/m11/s1. The molecule has 7 nitrogen and oxygen atoms in total. The Kier molecular flexibility index (Phi) is 12.0. The van der Waals surface area contributed by atoms with Gasteiger partial charge in [0.1, 0.15) is 0 Å². The zero-order valence-electron chi connectivity index (χ0n) is 35.6. The Labute approximate surface area is 333 Å². The molecule has 0 unspecified atom stereocenters. The number of aliphatic carboxylic acids is 2. The van der Waals surface area contributed by atoms with Crippen molar-refractivity contribution in [2.24, 2.45) is 92.7 Å². The van der Waals surface area contributed by atoms with Crippen molar-refractivity contribution < 1.29 is 35.1 Å². The molecule has 0 aromatic rings. The monoisotopic (exact) mass is 769 g/mol. The fourth-order valence-corrected chi connectivity index (χ4v) is 17.6. The molecule has 55 heavy (non-hydrogen) atoms. The van der Waals surface area contributed by atoms with E-state index in [2.05, 4.69) is 41.5 Å². The molecule has 314 valence electrons. The van der Waals surface area contributed by atoms with E-state index in [9.17, 15) is 24.9 Å². The minimum absolute atomic E-state index is 0.0561. The molecule has 0 amide bonds. The van der Waals surface area contributed by atoms with Gasteiger partial charge in [0.25, 0.3) is 0 Å². The quantitative estimate of drug-likeness (QED) is 0.166. The van der Waals surface area contributed by atoms with E-state index in [1.165, 1.54) is 70.6 Å². The second-order valence-corrected chi connectivity index (χ2v) is 22.6. The highest BCUT2D eigenvalue weighted by Crippen LogP contribution is 2.70. The maximum atomic E-state index is 11.1. The summed E-state index contributed by atoms with van der Waals surface area (Å²) >= 11 is 0. The van der Waals surface area contributed by atoms with Gasteiger partial charge in [-0.3, -0.25) is 9.59 Å². The molecule has 0 aromatic carbocycles. The molecule has 0 aliphatic heterocycles. The van der Waals surface area contributed by atoms with E-state index < -0.39 is 11.9 Å². The maximum absolute atomic E-state index is 11.1. The molecule has 8 aliphatic rings.